The number of likely N-dealkylation sites (tertiary alicyclic amines) is 1. The highest BCUT2D eigenvalue weighted by Crippen LogP contribution is 2.26. The minimum atomic E-state index is 0.0835. The molecule has 0 spiro atoms. The Morgan fingerprint density at radius 1 is 1.04 bits per heavy atom. The summed E-state index contributed by atoms with van der Waals surface area (Å²) in [4.78, 5) is 14.4. The van der Waals surface area contributed by atoms with E-state index in [0.717, 1.165) is 43.0 Å². The Morgan fingerprint density at radius 2 is 1.81 bits per heavy atom. The van der Waals surface area contributed by atoms with E-state index in [1.807, 2.05) is 54.7 Å². The van der Waals surface area contributed by atoms with Crippen LogP contribution in [0.1, 0.15) is 30.1 Å². The van der Waals surface area contributed by atoms with Gasteiger partial charge in [-0.05, 0) is 43.6 Å². The summed E-state index contributed by atoms with van der Waals surface area (Å²) in [5.74, 6) is 1.52. The van der Waals surface area contributed by atoms with E-state index in [1.54, 1.807) is 0 Å². The highest BCUT2D eigenvalue weighted by Gasteiger charge is 2.25. The molecule has 4 rings (SSSR count). The van der Waals surface area contributed by atoms with Crippen LogP contribution in [0.5, 0.6) is 0 Å². The lowest BCUT2D eigenvalue weighted by Gasteiger charge is -2.30. The summed E-state index contributed by atoms with van der Waals surface area (Å²) in [7, 11) is 0. The Labute approximate surface area is 152 Å². The zero-order valence-electron chi connectivity index (χ0n) is 14.7. The topological polar surface area (TPSA) is 62.5 Å². The fourth-order valence-electron chi connectivity index (χ4n) is 3.54. The molecule has 3 aromatic rings. The minimum absolute atomic E-state index is 0.0835. The molecule has 1 aliphatic rings. The maximum atomic E-state index is 12.2. The van der Waals surface area contributed by atoms with Gasteiger partial charge in [0.25, 0.3) is 0 Å². The third-order valence-corrected chi connectivity index (χ3v) is 4.99. The van der Waals surface area contributed by atoms with Crippen molar-refractivity contribution in [3.05, 3.63) is 66.1 Å². The van der Waals surface area contributed by atoms with Crippen LogP contribution in [0.4, 0.5) is 0 Å². The summed E-state index contributed by atoms with van der Waals surface area (Å²) in [5.41, 5.74) is 2.02. The van der Waals surface area contributed by atoms with Gasteiger partial charge in [0, 0.05) is 18.7 Å². The smallest absolute Gasteiger partial charge is 0.234 e. The molecule has 0 saturated carbocycles. The van der Waals surface area contributed by atoms with Crippen LogP contribution in [0.3, 0.4) is 0 Å². The summed E-state index contributed by atoms with van der Waals surface area (Å²) >= 11 is 0. The van der Waals surface area contributed by atoms with Crippen molar-refractivity contribution < 1.29 is 4.79 Å². The van der Waals surface area contributed by atoms with Crippen LogP contribution in [0.25, 0.3) is 5.65 Å². The third-order valence-electron chi connectivity index (χ3n) is 4.99. The molecule has 1 saturated heterocycles. The Morgan fingerprint density at radius 3 is 2.62 bits per heavy atom. The molecule has 0 unspecified atom stereocenters. The highest BCUT2D eigenvalue weighted by atomic mass is 16.2. The van der Waals surface area contributed by atoms with Crippen LogP contribution >= 0.6 is 0 Å². The largest absolute Gasteiger partial charge is 0.351 e. The van der Waals surface area contributed by atoms with Gasteiger partial charge in [0.05, 0.1) is 6.54 Å². The third kappa shape index (κ3) is 3.75. The normalized spacial score (nSPS) is 16.0. The van der Waals surface area contributed by atoms with Crippen LogP contribution in [0, 0.1) is 0 Å². The first-order valence-electron chi connectivity index (χ1n) is 9.12. The van der Waals surface area contributed by atoms with Gasteiger partial charge in [-0.1, -0.05) is 36.4 Å². The molecular weight excluding hydrogens is 326 g/mol. The maximum Gasteiger partial charge on any atom is 0.234 e. The fraction of sp³-hybridized carbons (Fsp3) is 0.350. The molecular formula is C20H23N5O. The van der Waals surface area contributed by atoms with Crippen molar-refractivity contribution >= 4 is 11.6 Å². The van der Waals surface area contributed by atoms with E-state index >= 15 is 0 Å². The number of carbonyl (C=O) groups excluding carboxylic acids is 1. The van der Waals surface area contributed by atoms with Crippen molar-refractivity contribution in [1.29, 1.82) is 0 Å². The average Bonchev–Trinajstić information content (AvgIpc) is 3.12. The minimum Gasteiger partial charge on any atom is -0.351 e. The number of hydrogen-bond donors (Lipinski definition) is 1. The SMILES string of the molecule is O=C(CN1CCC(c2nnc3ccccn23)CC1)NCc1ccccc1. The van der Waals surface area contributed by atoms with Crippen LogP contribution in [0.2, 0.25) is 0 Å². The molecule has 0 aliphatic carbocycles. The zero-order chi connectivity index (χ0) is 17.8. The Kier molecular flexibility index (Phi) is 4.93. The highest BCUT2D eigenvalue weighted by molar-refractivity contribution is 5.78. The van der Waals surface area contributed by atoms with E-state index in [4.69, 9.17) is 0 Å². The number of amides is 1. The van der Waals surface area contributed by atoms with Crippen molar-refractivity contribution in [1.82, 2.24) is 24.8 Å². The predicted octanol–water partition coefficient (Wildman–Crippen LogP) is 2.23. The first kappa shape index (κ1) is 16.7. The summed E-state index contributed by atoms with van der Waals surface area (Å²) in [6, 6.07) is 16.0. The number of carbonyl (C=O) groups is 1. The van der Waals surface area contributed by atoms with Gasteiger partial charge in [-0.2, -0.15) is 0 Å². The van der Waals surface area contributed by atoms with Crippen LogP contribution < -0.4 is 5.32 Å². The first-order valence-corrected chi connectivity index (χ1v) is 9.12. The van der Waals surface area contributed by atoms with E-state index < -0.39 is 0 Å². The number of benzene rings is 1. The lowest BCUT2D eigenvalue weighted by Crippen LogP contribution is -2.41. The molecule has 134 valence electrons. The van der Waals surface area contributed by atoms with Crippen molar-refractivity contribution in [2.75, 3.05) is 19.6 Å². The summed E-state index contributed by atoms with van der Waals surface area (Å²) in [5, 5.41) is 11.6. The van der Waals surface area contributed by atoms with E-state index in [0.29, 0.717) is 19.0 Å². The number of hydrogen-bond acceptors (Lipinski definition) is 4. The van der Waals surface area contributed by atoms with E-state index in [9.17, 15) is 4.79 Å². The second kappa shape index (κ2) is 7.66. The molecule has 1 amide bonds. The van der Waals surface area contributed by atoms with E-state index in [1.165, 1.54) is 0 Å². The number of piperidine rings is 1. The number of nitrogens with zero attached hydrogens (tertiary/aromatic N) is 4. The van der Waals surface area contributed by atoms with Crippen molar-refractivity contribution in [2.24, 2.45) is 0 Å². The molecule has 0 atom stereocenters. The predicted molar refractivity (Wildman–Crippen MR) is 99.7 cm³/mol. The summed E-state index contributed by atoms with van der Waals surface area (Å²) in [6.07, 6.45) is 4.03. The maximum absolute atomic E-state index is 12.2. The summed E-state index contributed by atoms with van der Waals surface area (Å²) in [6.45, 7) is 2.86. The molecule has 0 radical (unpaired) electrons. The second-order valence-electron chi connectivity index (χ2n) is 6.80. The van der Waals surface area contributed by atoms with Crippen LogP contribution in [0.15, 0.2) is 54.7 Å². The Bertz CT molecular complexity index is 868. The van der Waals surface area contributed by atoms with E-state index in [2.05, 4.69) is 24.8 Å². The Hall–Kier alpha value is -2.73. The second-order valence-corrected chi connectivity index (χ2v) is 6.80. The standard InChI is InChI=1S/C20H23N5O/c26-19(21-14-16-6-2-1-3-7-16)15-24-12-9-17(10-13-24)20-23-22-18-8-4-5-11-25(18)20/h1-8,11,17H,9-10,12-15H2,(H,21,26). The van der Waals surface area contributed by atoms with Crippen molar-refractivity contribution in [3.63, 3.8) is 0 Å². The molecule has 1 aromatic carbocycles. The lowest BCUT2D eigenvalue weighted by molar-refractivity contribution is -0.122. The number of rotatable bonds is 5. The molecule has 0 bridgehead atoms. The molecule has 1 fully saturated rings. The Balaban J connectivity index is 1.28. The number of pyridine rings is 1. The van der Waals surface area contributed by atoms with Gasteiger partial charge in [0.15, 0.2) is 5.65 Å². The molecule has 1 aliphatic heterocycles. The van der Waals surface area contributed by atoms with Crippen LogP contribution in [-0.4, -0.2) is 45.0 Å². The van der Waals surface area contributed by atoms with Gasteiger partial charge in [-0.15, -0.1) is 10.2 Å². The van der Waals surface area contributed by atoms with Crippen molar-refractivity contribution in [2.45, 2.75) is 25.3 Å². The van der Waals surface area contributed by atoms with Gasteiger partial charge >= 0.3 is 0 Å². The van der Waals surface area contributed by atoms with Gasteiger partial charge < -0.3 is 5.32 Å². The van der Waals surface area contributed by atoms with Gasteiger partial charge in [-0.3, -0.25) is 14.1 Å². The van der Waals surface area contributed by atoms with Gasteiger partial charge in [-0.25, -0.2) is 0 Å². The van der Waals surface area contributed by atoms with Gasteiger partial charge in [0.2, 0.25) is 5.91 Å². The average molecular weight is 349 g/mol. The number of fused-ring (bicyclic) bond motifs is 1. The van der Waals surface area contributed by atoms with Gasteiger partial charge in [0.1, 0.15) is 5.82 Å². The quantitative estimate of drug-likeness (QED) is 0.767. The molecule has 26 heavy (non-hydrogen) atoms. The molecule has 6 nitrogen and oxygen atoms in total. The fourth-order valence-corrected chi connectivity index (χ4v) is 3.54. The lowest BCUT2D eigenvalue weighted by atomic mass is 9.96. The number of aromatic nitrogens is 3. The zero-order valence-corrected chi connectivity index (χ0v) is 14.7. The molecule has 3 heterocycles. The molecule has 1 N–H and O–H groups in total. The van der Waals surface area contributed by atoms with E-state index in [-0.39, 0.29) is 5.91 Å². The molecule has 6 heteroatoms. The molecule has 2 aromatic heterocycles. The van der Waals surface area contributed by atoms with Crippen molar-refractivity contribution in [3.8, 4) is 0 Å². The monoisotopic (exact) mass is 349 g/mol. The number of nitrogens with one attached hydrogen (secondary N) is 1. The van der Waals surface area contributed by atoms with Crippen LogP contribution in [-0.2, 0) is 11.3 Å². The summed E-state index contributed by atoms with van der Waals surface area (Å²) < 4.78 is 2.08. The first-order chi connectivity index (χ1) is 12.8.